The van der Waals surface area contributed by atoms with E-state index in [1.807, 2.05) is 30.3 Å². The predicted octanol–water partition coefficient (Wildman–Crippen LogP) is -0.619. The van der Waals surface area contributed by atoms with Crippen LogP contribution < -0.4 is 11.1 Å². The average molecular weight is 278 g/mol. The Balaban J connectivity index is 2.33. The summed E-state index contributed by atoms with van der Waals surface area (Å²) in [6, 6.07) is 9.74. The van der Waals surface area contributed by atoms with Crippen molar-refractivity contribution in [3.63, 3.8) is 0 Å². The molecule has 0 aromatic heterocycles. The first kappa shape index (κ1) is 16.2. The van der Waals surface area contributed by atoms with Crippen LogP contribution in [0.4, 0.5) is 0 Å². The molecule has 0 bridgehead atoms. The Labute approximate surface area is 118 Å². The molecule has 0 aliphatic heterocycles. The molecule has 0 spiro atoms. The Morgan fingerprint density at radius 2 is 1.90 bits per heavy atom. The van der Waals surface area contributed by atoms with Crippen molar-refractivity contribution in [2.24, 2.45) is 5.73 Å². The second kappa shape index (κ2) is 8.34. The van der Waals surface area contributed by atoms with Gasteiger partial charge >= 0.3 is 7.12 Å². The zero-order valence-corrected chi connectivity index (χ0v) is 11.2. The van der Waals surface area contributed by atoms with Gasteiger partial charge in [-0.1, -0.05) is 30.3 Å². The second-order valence-electron chi connectivity index (χ2n) is 4.60. The molecule has 0 saturated carbocycles. The highest BCUT2D eigenvalue weighted by Crippen LogP contribution is 2.05. The van der Waals surface area contributed by atoms with Gasteiger partial charge in [-0.15, -0.1) is 0 Å². The molecule has 0 radical (unpaired) electrons. The van der Waals surface area contributed by atoms with Crippen molar-refractivity contribution < 1.29 is 19.6 Å². The van der Waals surface area contributed by atoms with E-state index in [4.69, 9.17) is 15.8 Å². The molecule has 5 N–H and O–H groups in total. The molecule has 1 unspecified atom stereocenters. The van der Waals surface area contributed by atoms with Gasteiger partial charge in [0.05, 0.1) is 5.94 Å². The summed E-state index contributed by atoms with van der Waals surface area (Å²) in [6.45, 7) is 0. The number of hydrogen-bond donors (Lipinski definition) is 4. The van der Waals surface area contributed by atoms with Crippen LogP contribution in [0.15, 0.2) is 30.3 Å². The zero-order chi connectivity index (χ0) is 15.0. The van der Waals surface area contributed by atoms with E-state index < -0.39 is 19.0 Å². The molecule has 0 saturated heterocycles. The van der Waals surface area contributed by atoms with Crippen molar-refractivity contribution >= 4 is 18.9 Å². The summed E-state index contributed by atoms with van der Waals surface area (Å²) >= 11 is 0. The van der Waals surface area contributed by atoms with Crippen LogP contribution in [0.3, 0.4) is 0 Å². The van der Waals surface area contributed by atoms with Gasteiger partial charge < -0.3 is 21.1 Å². The minimum absolute atomic E-state index is 0.247. The number of primary amides is 1. The highest BCUT2D eigenvalue weighted by molar-refractivity contribution is 6.44. The van der Waals surface area contributed by atoms with E-state index in [0.717, 1.165) is 12.0 Å². The van der Waals surface area contributed by atoms with Crippen LogP contribution in [0.25, 0.3) is 0 Å². The summed E-state index contributed by atoms with van der Waals surface area (Å²) in [5.74, 6) is -2.09. The molecule has 6 nitrogen and oxygen atoms in total. The molecule has 0 aliphatic carbocycles. The monoisotopic (exact) mass is 278 g/mol. The molecular formula is C13H19BN2O4. The summed E-state index contributed by atoms with van der Waals surface area (Å²) in [5.41, 5.74) is 6.11. The van der Waals surface area contributed by atoms with E-state index in [0.29, 0.717) is 6.42 Å². The number of carbonyl (C=O) groups excluding carboxylic acids is 2. The van der Waals surface area contributed by atoms with E-state index in [1.165, 1.54) is 0 Å². The van der Waals surface area contributed by atoms with Crippen LogP contribution >= 0.6 is 0 Å². The first-order valence-corrected chi connectivity index (χ1v) is 6.46. The molecule has 20 heavy (non-hydrogen) atoms. The Bertz CT molecular complexity index is 439. The Hall–Kier alpha value is -1.86. The number of aryl methyl sites for hydroxylation is 1. The number of nitrogens with two attached hydrogens (primary N) is 1. The van der Waals surface area contributed by atoms with Gasteiger partial charge in [0.25, 0.3) is 0 Å². The largest absolute Gasteiger partial charge is 0.475 e. The van der Waals surface area contributed by atoms with Crippen molar-refractivity contribution in [3.8, 4) is 0 Å². The van der Waals surface area contributed by atoms with Crippen LogP contribution in [0.5, 0.6) is 0 Å². The number of nitrogens with one attached hydrogen (secondary N) is 1. The van der Waals surface area contributed by atoms with Crippen LogP contribution in [-0.4, -0.2) is 34.9 Å². The minimum Gasteiger partial charge on any atom is -0.426 e. The second-order valence-corrected chi connectivity index (χ2v) is 4.60. The minimum atomic E-state index is -1.81. The van der Waals surface area contributed by atoms with E-state index in [9.17, 15) is 9.59 Å². The van der Waals surface area contributed by atoms with Crippen molar-refractivity contribution in [3.05, 3.63) is 35.9 Å². The number of hydrogen-bond acceptors (Lipinski definition) is 4. The Morgan fingerprint density at radius 1 is 1.25 bits per heavy atom. The summed E-state index contributed by atoms with van der Waals surface area (Å²) in [4.78, 5) is 22.4. The summed E-state index contributed by atoms with van der Waals surface area (Å²) in [6.07, 6.45) is 1.34. The Morgan fingerprint density at radius 3 is 2.45 bits per heavy atom. The molecule has 108 valence electrons. The van der Waals surface area contributed by atoms with Crippen LogP contribution in [0.1, 0.15) is 24.8 Å². The maximum atomic E-state index is 11.6. The number of carbonyl (C=O) groups is 2. The third-order valence-electron chi connectivity index (χ3n) is 2.84. The highest BCUT2D eigenvalue weighted by atomic mass is 16.4. The van der Waals surface area contributed by atoms with E-state index in [-0.39, 0.29) is 18.7 Å². The van der Waals surface area contributed by atoms with Gasteiger partial charge in [0.2, 0.25) is 11.8 Å². The van der Waals surface area contributed by atoms with Crippen molar-refractivity contribution in [2.75, 3.05) is 0 Å². The molecule has 1 rings (SSSR count). The molecule has 0 heterocycles. The number of rotatable bonds is 8. The lowest BCUT2D eigenvalue weighted by molar-refractivity contribution is -0.122. The third kappa shape index (κ3) is 6.35. The maximum absolute atomic E-state index is 11.6. The smallest absolute Gasteiger partial charge is 0.426 e. The molecule has 0 aliphatic rings. The standard InChI is InChI=1S/C13H19BN2O4/c15-12(17)9-11(14(19)20)16-13(18)8-4-7-10-5-2-1-3-6-10/h1-3,5-6,11,19-20H,4,7-9H2,(H2,15,17)(H,16,18). The van der Waals surface area contributed by atoms with Gasteiger partial charge in [-0.05, 0) is 18.4 Å². The average Bonchev–Trinajstić information content (AvgIpc) is 2.38. The van der Waals surface area contributed by atoms with Crippen molar-refractivity contribution in [2.45, 2.75) is 31.6 Å². The number of benzene rings is 1. The maximum Gasteiger partial charge on any atom is 0.475 e. The summed E-state index contributed by atoms with van der Waals surface area (Å²) < 4.78 is 0. The van der Waals surface area contributed by atoms with Crippen LogP contribution in [0.2, 0.25) is 0 Å². The van der Waals surface area contributed by atoms with Gasteiger partial charge in [-0.3, -0.25) is 9.59 Å². The summed E-state index contributed by atoms with van der Waals surface area (Å²) in [5, 5.41) is 20.5. The Kier molecular flexibility index (Phi) is 6.76. The fraction of sp³-hybridized carbons (Fsp3) is 0.385. The topological polar surface area (TPSA) is 113 Å². The van der Waals surface area contributed by atoms with Crippen LogP contribution in [0, 0.1) is 0 Å². The van der Waals surface area contributed by atoms with E-state index in [1.54, 1.807) is 0 Å². The molecule has 2 amide bonds. The highest BCUT2D eigenvalue weighted by Gasteiger charge is 2.26. The van der Waals surface area contributed by atoms with Gasteiger partial charge in [-0.2, -0.15) is 0 Å². The van der Waals surface area contributed by atoms with Gasteiger partial charge in [0, 0.05) is 12.8 Å². The fourth-order valence-corrected chi connectivity index (χ4v) is 1.82. The molecule has 7 heteroatoms. The SMILES string of the molecule is NC(=O)CC(NC(=O)CCCc1ccccc1)B(O)O. The lowest BCUT2D eigenvalue weighted by Gasteiger charge is -2.16. The fourth-order valence-electron chi connectivity index (χ4n) is 1.82. The van der Waals surface area contributed by atoms with Gasteiger partial charge in [0.1, 0.15) is 0 Å². The lowest BCUT2D eigenvalue weighted by Crippen LogP contribution is -2.48. The van der Waals surface area contributed by atoms with Gasteiger partial charge in [-0.25, -0.2) is 0 Å². The lowest BCUT2D eigenvalue weighted by atomic mass is 9.77. The van der Waals surface area contributed by atoms with E-state index >= 15 is 0 Å². The normalized spacial score (nSPS) is 11.7. The zero-order valence-electron chi connectivity index (χ0n) is 11.2. The molecule has 0 fully saturated rings. The van der Waals surface area contributed by atoms with Crippen LogP contribution in [-0.2, 0) is 16.0 Å². The quantitative estimate of drug-likeness (QED) is 0.475. The molecular weight excluding hydrogens is 259 g/mol. The summed E-state index contributed by atoms with van der Waals surface area (Å²) in [7, 11) is -1.81. The molecule has 1 aromatic rings. The first-order valence-electron chi connectivity index (χ1n) is 6.46. The molecule has 1 aromatic carbocycles. The van der Waals surface area contributed by atoms with Crippen molar-refractivity contribution in [1.29, 1.82) is 0 Å². The first-order chi connectivity index (χ1) is 9.49. The van der Waals surface area contributed by atoms with Gasteiger partial charge in [0.15, 0.2) is 0 Å². The molecule has 1 atom stereocenters. The van der Waals surface area contributed by atoms with E-state index in [2.05, 4.69) is 5.32 Å². The number of amides is 2. The predicted molar refractivity (Wildman–Crippen MR) is 75.3 cm³/mol. The van der Waals surface area contributed by atoms with Crippen molar-refractivity contribution in [1.82, 2.24) is 5.32 Å². The third-order valence-corrected chi connectivity index (χ3v) is 2.84.